The number of likely N-dealkylation sites (tertiary alicyclic amines) is 1. The number of nitrogens with zero attached hydrogens (tertiary/aromatic N) is 1. The van der Waals surface area contributed by atoms with Crippen molar-refractivity contribution in [2.45, 2.75) is 51.0 Å². The largest absolute Gasteiger partial charge is 0.468 e. The van der Waals surface area contributed by atoms with Gasteiger partial charge in [-0.15, -0.1) is 0 Å². The molecule has 2 aliphatic rings. The molecule has 2 aromatic rings. The molecule has 1 saturated carbocycles. The van der Waals surface area contributed by atoms with Gasteiger partial charge in [-0.3, -0.25) is 9.59 Å². The van der Waals surface area contributed by atoms with E-state index in [4.69, 9.17) is 9.47 Å². The lowest BCUT2D eigenvalue weighted by Crippen LogP contribution is -2.34. The number of ether oxygens (including phenoxy) is 2. The van der Waals surface area contributed by atoms with Gasteiger partial charge in [-0.05, 0) is 49.6 Å². The van der Waals surface area contributed by atoms with Gasteiger partial charge in [0.1, 0.15) is 5.75 Å². The zero-order chi connectivity index (χ0) is 21.6. The molecule has 1 atom stereocenters. The molecule has 1 N–H and O–H groups in total. The van der Waals surface area contributed by atoms with Crippen LogP contribution in [0.15, 0.2) is 48.5 Å². The lowest BCUT2D eigenvalue weighted by molar-refractivity contribution is -0.131. The number of carbonyl (C=O) groups is 2. The Morgan fingerprint density at radius 2 is 1.90 bits per heavy atom. The van der Waals surface area contributed by atoms with Crippen LogP contribution in [0.25, 0.3) is 0 Å². The van der Waals surface area contributed by atoms with E-state index in [-0.39, 0.29) is 31.1 Å². The van der Waals surface area contributed by atoms with Gasteiger partial charge in [-0.2, -0.15) is 0 Å². The third kappa shape index (κ3) is 5.85. The van der Waals surface area contributed by atoms with Gasteiger partial charge in [0.15, 0.2) is 6.79 Å². The second-order valence-corrected chi connectivity index (χ2v) is 8.50. The number of hydrogen-bond acceptors (Lipinski definition) is 4. The molecule has 1 unspecified atom stereocenters. The van der Waals surface area contributed by atoms with Crippen molar-refractivity contribution in [3.05, 3.63) is 59.7 Å². The molecule has 4 rings (SSSR count). The van der Waals surface area contributed by atoms with E-state index in [0.29, 0.717) is 19.1 Å². The molecule has 0 spiro atoms. The zero-order valence-electron chi connectivity index (χ0n) is 18.0. The van der Waals surface area contributed by atoms with Crippen molar-refractivity contribution in [2.75, 3.05) is 25.2 Å². The topological polar surface area (TPSA) is 67.9 Å². The van der Waals surface area contributed by atoms with Crippen LogP contribution in [-0.2, 0) is 14.3 Å². The van der Waals surface area contributed by atoms with E-state index in [1.807, 2.05) is 55.5 Å². The molecular formula is C25H30N2O4. The summed E-state index contributed by atoms with van der Waals surface area (Å²) < 4.78 is 11.6. The van der Waals surface area contributed by atoms with Gasteiger partial charge in [0.05, 0.1) is 12.6 Å². The fourth-order valence-electron chi connectivity index (χ4n) is 4.27. The maximum absolute atomic E-state index is 12.5. The highest BCUT2D eigenvalue weighted by atomic mass is 16.7. The van der Waals surface area contributed by atoms with Crippen molar-refractivity contribution >= 4 is 17.5 Å². The van der Waals surface area contributed by atoms with Gasteiger partial charge in [-0.1, -0.05) is 42.7 Å². The number of nitrogens with one attached hydrogen (secondary N) is 1. The van der Waals surface area contributed by atoms with Crippen molar-refractivity contribution in [3.63, 3.8) is 0 Å². The third-order valence-electron chi connectivity index (χ3n) is 6.05. The standard InChI is InChI=1S/C25H30N2O4/c1-18-9-11-21(12-10-18)26-24(28)16-27-15-20(14-25(27)29)19-5-4-8-23(13-19)31-17-30-22-6-2-3-7-22/h4-5,8-13,20,22H,2-3,6-7,14-17H2,1H3,(H,26,28). The van der Waals surface area contributed by atoms with Crippen molar-refractivity contribution in [3.8, 4) is 5.75 Å². The summed E-state index contributed by atoms with van der Waals surface area (Å²) in [5.41, 5.74) is 2.92. The van der Waals surface area contributed by atoms with Gasteiger partial charge < -0.3 is 19.7 Å². The van der Waals surface area contributed by atoms with Crippen LogP contribution in [0.1, 0.15) is 49.1 Å². The van der Waals surface area contributed by atoms with Crippen LogP contribution in [-0.4, -0.2) is 42.7 Å². The fraction of sp³-hybridized carbons (Fsp3) is 0.440. The van der Waals surface area contributed by atoms with E-state index in [2.05, 4.69) is 5.32 Å². The van der Waals surface area contributed by atoms with Gasteiger partial charge in [0, 0.05) is 24.6 Å². The lowest BCUT2D eigenvalue weighted by Gasteiger charge is -2.17. The molecule has 0 aromatic heterocycles. The first kappa shape index (κ1) is 21.4. The predicted molar refractivity (Wildman–Crippen MR) is 119 cm³/mol. The van der Waals surface area contributed by atoms with Gasteiger partial charge in [0.2, 0.25) is 11.8 Å². The van der Waals surface area contributed by atoms with E-state index in [1.165, 1.54) is 12.8 Å². The first-order valence-electron chi connectivity index (χ1n) is 11.1. The Hall–Kier alpha value is -2.86. The average molecular weight is 423 g/mol. The number of rotatable bonds is 8. The minimum atomic E-state index is -0.181. The lowest BCUT2D eigenvalue weighted by atomic mass is 9.98. The van der Waals surface area contributed by atoms with Gasteiger partial charge in [-0.25, -0.2) is 0 Å². The molecule has 1 saturated heterocycles. The summed E-state index contributed by atoms with van der Waals surface area (Å²) in [6.07, 6.45) is 5.40. The highest BCUT2D eigenvalue weighted by Gasteiger charge is 2.32. The Labute approximate surface area is 183 Å². The van der Waals surface area contributed by atoms with Crippen molar-refractivity contribution in [1.82, 2.24) is 4.90 Å². The first-order chi connectivity index (χ1) is 15.1. The Balaban J connectivity index is 1.29. The number of hydrogen-bond donors (Lipinski definition) is 1. The van der Waals surface area contributed by atoms with E-state index in [0.717, 1.165) is 35.4 Å². The van der Waals surface area contributed by atoms with Crippen LogP contribution in [0, 0.1) is 6.92 Å². The molecule has 31 heavy (non-hydrogen) atoms. The van der Waals surface area contributed by atoms with Crippen LogP contribution in [0.2, 0.25) is 0 Å². The molecule has 0 radical (unpaired) electrons. The van der Waals surface area contributed by atoms with Crippen LogP contribution in [0.5, 0.6) is 5.75 Å². The summed E-state index contributed by atoms with van der Waals surface area (Å²) in [7, 11) is 0. The molecule has 1 heterocycles. The molecule has 6 heteroatoms. The fourth-order valence-corrected chi connectivity index (χ4v) is 4.27. The second kappa shape index (κ2) is 9.96. The molecule has 2 aromatic carbocycles. The first-order valence-corrected chi connectivity index (χ1v) is 11.1. The number of amides is 2. The number of anilines is 1. The van der Waals surface area contributed by atoms with E-state index >= 15 is 0 Å². The molecule has 0 bridgehead atoms. The van der Waals surface area contributed by atoms with Crippen molar-refractivity contribution < 1.29 is 19.1 Å². The maximum Gasteiger partial charge on any atom is 0.243 e. The molecule has 1 aliphatic heterocycles. The van der Waals surface area contributed by atoms with Crippen LogP contribution in [0.3, 0.4) is 0 Å². The molecule has 6 nitrogen and oxygen atoms in total. The Morgan fingerprint density at radius 3 is 2.68 bits per heavy atom. The molecule has 164 valence electrons. The number of aryl methyl sites for hydroxylation is 1. The SMILES string of the molecule is Cc1ccc(NC(=O)CN2CC(c3cccc(OCOC4CCCC4)c3)CC2=O)cc1. The number of benzene rings is 2. The summed E-state index contributed by atoms with van der Waals surface area (Å²) in [4.78, 5) is 26.5. The molecule has 2 fully saturated rings. The van der Waals surface area contributed by atoms with Crippen molar-refractivity contribution in [1.29, 1.82) is 0 Å². The quantitative estimate of drug-likeness (QED) is 0.646. The highest BCUT2D eigenvalue weighted by molar-refractivity contribution is 5.95. The average Bonchev–Trinajstić information content (AvgIpc) is 3.40. The summed E-state index contributed by atoms with van der Waals surface area (Å²) >= 11 is 0. The third-order valence-corrected chi connectivity index (χ3v) is 6.05. The second-order valence-electron chi connectivity index (χ2n) is 8.50. The van der Waals surface area contributed by atoms with Crippen molar-refractivity contribution in [2.24, 2.45) is 0 Å². The van der Waals surface area contributed by atoms with Gasteiger partial charge in [0.25, 0.3) is 0 Å². The van der Waals surface area contributed by atoms with Crippen LogP contribution < -0.4 is 10.1 Å². The minimum absolute atomic E-state index is 0.0000516. The summed E-state index contributed by atoms with van der Waals surface area (Å²) in [6, 6.07) is 15.5. The maximum atomic E-state index is 12.5. The molecule has 2 amide bonds. The monoisotopic (exact) mass is 422 g/mol. The Kier molecular flexibility index (Phi) is 6.87. The van der Waals surface area contributed by atoms with E-state index < -0.39 is 0 Å². The van der Waals surface area contributed by atoms with E-state index in [1.54, 1.807) is 4.90 Å². The van der Waals surface area contributed by atoms with Gasteiger partial charge >= 0.3 is 0 Å². The minimum Gasteiger partial charge on any atom is -0.468 e. The predicted octanol–water partition coefficient (Wildman–Crippen LogP) is 4.25. The summed E-state index contributed by atoms with van der Waals surface area (Å²) in [6.45, 7) is 2.84. The van der Waals surface area contributed by atoms with Crippen LogP contribution in [0.4, 0.5) is 5.69 Å². The normalized spacial score (nSPS) is 19.1. The highest BCUT2D eigenvalue weighted by Crippen LogP contribution is 2.30. The van der Waals surface area contributed by atoms with Crippen LogP contribution >= 0.6 is 0 Å². The zero-order valence-corrected chi connectivity index (χ0v) is 18.0. The Bertz CT molecular complexity index is 906. The summed E-state index contributed by atoms with van der Waals surface area (Å²) in [5, 5.41) is 2.86. The number of carbonyl (C=O) groups excluding carboxylic acids is 2. The smallest absolute Gasteiger partial charge is 0.243 e. The summed E-state index contributed by atoms with van der Waals surface area (Å²) in [5.74, 6) is 0.622. The molecule has 1 aliphatic carbocycles. The molecular weight excluding hydrogens is 392 g/mol. The van der Waals surface area contributed by atoms with E-state index in [9.17, 15) is 9.59 Å². The Morgan fingerprint density at radius 1 is 1.13 bits per heavy atom.